The van der Waals surface area contributed by atoms with Gasteiger partial charge in [0.15, 0.2) is 5.96 Å². The lowest BCUT2D eigenvalue weighted by Gasteiger charge is -2.14. The lowest BCUT2D eigenvalue weighted by Crippen LogP contribution is -2.28. The minimum atomic E-state index is 0.198. The average molecular weight is 232 g/mol. The van der Waals surface area contributed by atoms with Crippen LogP contribution < -0.4 is 11.5 Å². The highest BCUT2D eigenvalue weighted by Crippen LogP contribution is 2.21. The Morgan fingerprint density at radius 1 is 1.29 bits per heavy atom. The second-order valence-electron chi connectivity index (χ2n) is 4.78. The van der Waals surface area contributed by atoms with Crippen LogP contribution in [0.15, 0.2) is 35.3 Å². The molecule has 17 heavy (non-hydrogen) atoms. The van der Waals surface area contributed by atoms with Crippen molar-refractivity contribution in [1.82, 2.24) is 4.90 Å². The normalized spacial score (nSPS) is 24.8. The summed E-state index contributed by atoms with van der Waals surface area (Å²) in [6, 6.07) is 10.7. The summed E-state index contributed by atoms with van der Waals surface area (Å²) in [4.78, 5) is 6.68. The van der Waals surface area contributed by atoms with Crippen LogP contribution in [0.1, 0.15) is 12.5 Å². The molecule has 1 heterocycles. The van der Waals surface area contributed by atoms with E-state index >= 15 is 0 Å². The zero-order valence-electron chi connectivity index (χ0n) is 10.2. The van der Waals surface area contributed by atoms with Gasteiger partial charge in [-0.3, -0.25) is 4.90 Å². The predicted octanol–water partition coefficient (Wildman–Crippen LogP) is 0.780. The quantitative estimate of drug-likeness (QED) is 0.598. The van der Waals surface area contributed by atoms with Crippen molar-refractivity contribution in [2.45, 2.75) is 19.5 Å². The van der Waals surface area contributed by atoms with E-state index in [9.17, 15) is 0 Å². The number of benzene rings is 1. The molecule has 2 atom stereocenters. The van der Waals surface area contributed by atoms with E-state index < -0.39 is 0 Å². The van der Waals surface area contributed by atoms with E-state index in [1.165, 1.54) is 5.56 Å². The summed E-state index contributed by atoms with van der Waals surface area (Å²) in [5, 5.41) is 0. The van der Waals surface area contributed by atoms with Gasteiger partial charge in [-0.2, -0.15) is 0 Å². The summed E-state index contributed by atoms with van der Waals surface area (Å²) in [5.74, 6) is 0.712. The molecule has 1 aromatic rings. The van der Waals surface area contributed by atoms with Crippen molar-refractivity contribution in [2.75, 3.05) is 13.1 Å². The largest absolute Gasteiger partial charge is 0.370 e. The maximum atomic E-state index is 5.44. The molecule has 4 nitrogen and oxygen atoms in total. The third-order valence-corrected chi connectivity index (χ3v) is 3.21. The first-order valence-electron chi connectivity index (χ1n) is 6.00. The first kappa shape index (κ1) is 11.9. The summed E-state index contributed by atoms with van der Waals surface area (Å²) in [6.45, 7) is 5.16. The van der Waals surface area contributed by atoms with Gasteiger partial charge >= 0.3 is 0 Å². The molecule has 4 heteroatoms. The molecule has 1 aliphatic heterocycles. The molecule has 0 aromatic heterocycles. The van der Waals surface area contributed by atoms with E-state index in [0.29, 0.717) is 5.92 Å². The van der Waals surface area contributed by atoms with E-state index in [4.69, 9.17) is 11.5 Å². The van der Waals surface area contributed by atoms with Crippen LogP contribution in [-0.2, 0) is 6.54 Å². The number of aliphatic imine (C=N–C) groups is 1. The SMILES string of the molecule is CC1CN(Cc2ccccc2)CC1N=C(N)N. The maximum Gasteiger partial charge on any atom is 0.186 e. The topological polar surface area (TPSA) is 67.6 Å². The minimum Gasteiger partial charge on any atom is -0.370 e. The first-order valence-corrected chi connectivity index (χ1v) is 6.00. The highest BCUT2D eigenvalue weighted by atomic mass is 15.2. The molecule has 4 N–H and O–H groups in total. The standard InChI is InChI=1S/C13H20N4/c1-10-7-17(9-12(10)16-13(14)15)8-11-5-3-2-4-6-11/h2-6,10,12H,7-9H2,1H3,(H4,14,15,16). The van der Waals surface area contributed by atoms with Gasteiger partial charge in [-0.05, 0) is 11.5 Å². The molecule has 2 unspecified atom stereocenters. The van der Waals surface area contributed by atoms with Crippen LogP contribution in [0, 0.1) is 5.92 Å². The Bertz CT molecular complexity index is 384. The Morgan fingerprint density at radius 3 is 2.65 bits per heavy atom. The van der Waals surface area contributed by atoms with Gasteiger partial charge in [0.1, 0.15) is 0 Å². The van der Waals surface area contributed by atoms with Crippen molar-refractivity contribution < 1.29 is 0 Å². The van der Waals surface area contributed by atoms with Crippen molar-refractivity contribution in [2.24, 2.45) is 22.4 Å². The summed E-state index contributed by atoms with van der Waals surface area (Å²) in [5.41, 5.74) is 12.2. The minimum absolute atomic E-state index is 0.198. The zero-order valence-corrected chi connectivity index (χ0v) is 10.2. The van der Waals surface area contributed by atoms with E-state index in [1.807, 2.05) is 6.07 Å². The Morgan fingerprint density at radius 2 is 2.00 bits per heavy atom. The van der Waals surface area contributed by atoms with Gasteiger partial charge in [0.25, 0.3) is 0 Å². The van der Waals surface area contributed by atoms with Crippen LogP contribution in [0.4, 0.5) is 0 Å². The van der Waals surface area contributed by atoms with Gasteiger partial charge in [-0.25, -0.2) is 4.99 Å². The number of likely N-dealkylation sites (tertiary alicyclic amines) is 1. The molecule has 92 valence electrons. The van der Waals surface area contributed by atoms with Crippen molar-refractivity contribution in [3.8, 4) is 0 Å². The van der Waals surface area contributed by atoms with Crippen molar-refractivity contribution in [3.05, 3.63) is 35.9 Å². The lowest BCUT2D eigenvalue weighted by atomic mass is 10.1. The number of rotatable bonds is 3. The predicted molar refractivity (Wildman–Crippen MR) is 70.5 cm³/mol. The van der Waals surface area contributed by atoms with Crippen LogP contribution in [0.5, 0.6) is 0 Å². The van der Waals surface area contributed by atoms with Crippen LogP contribution in [0.25, 0.3) is 0 Å². The molecule has 0 amide bonds. The molecule has 0 bridgehead atoms. The first-order chi connectivity index (χ1) is 8.15. The molecule has 2 rings (SSSR count). The van der Waals surface area contributed by atoms with Crippen LogP contribution in [-0.4, -0.2) is 30.0 Å². The molecule has 1 aromatic carbocycles. The molecule has 0 radical (unpaired) electrons. The Labute approximate surface area is 102 Å². The fourth-order valence-corrected chi connectivity index (χ4v) is 2.38. The maximum absolute atomic E-state index is 5.44. The molecule has 0 spiro atoms. The summed E-state index contributed by atoms with van der Waals surface area (Å²) in [7, 11) is 0. The molecular weight excluding hydrogens is 212 g/mol. The summed E-state index contributed by atoms with van der Waals surface area (Å²) >= 11 is 0. The number of hydrogen-bond acceptors (Lipinski definition) is 2. The Kier molecular flexibility index (Phi) is 3.64. The lowest BCUT2D eigenvalue weighted by molar-refractivity contribution is 0.319. The number of hydrogen-bond donors (Lipinski definition) is 2. The van der Waals surface area contributed by atoms with Gasteiger partial charge in [0, 0.05) is 19.6 Å². The van der Waals surface area contributed by atoms with Crippen LogP contribution in [0.3, 0.4) is 0 Å². The van der Waals surface area contributed by atoms with Crippen LogP contribution >= 0.6 is 0 Å². The smallest absolute Gasteiger partial charge is 0.186 e. The van der Waals surface area contributed by atoms with Crippen molar-refractivity contribution in [1.29, 1.82) is 0 Å². The Balaban J connectivity index is 1.95. The fourth-order valence-electron chi connectivity index (χ4n) is 2.38. The number of guanidine groups is 1. The van der Waals surface area contributed by atoms with E-state index in [0.717, 1.165) is 19.6 Å². The average Bonchev–Trinajstić information content (AvgIpc) is 2.59. The van der Waals surface area contributed by atoms with Gasteiger partial charge in [0.2, 0.25) is 0 Å². The Hall–Kier alpha value is -1.55. The highest BCUT2D eigenvalue weighted by Gasteiger charge is 2.29. The molecule has 1 saturated heterocycles. The number of nitrogens with zero attached hydrogens (tertiary/aromatic N) is 2. The monoisotopic (exact) mass is 232 g/mol. The van der Waals surface area contributed by atoms with E-state index in [2.05, 4.69) is 41.1 Å². The van der Waals surface area contributed by atoms with E-state index in [-0.39, 0.29) is 12.0 Å². The van der Waals surface area contributed by atoms with Gasteiger partial charge in [-0.1, -0.05) is 37.3 Å². The summed E-state index contributed by atoms with van der Waals surface area (Å²) < 4.78 is 0. The van der Waals surface area contributed by atoms with Crippen molar-refractivity contribution in [3.63, 3.8) is 0 Å². The van der Waals surface area contributed by atoms with Gasteiger partial charge in [-0.15, -0.1) is 0 Å². The summed E-state index contributed by atoms with van der Waals surface area (Å²) in [6.07, 6.45) is 0. The molecule has 0 saturated carbocycles. The third kappa shape index (κ3) is 3.20. The second kappa shape index (κ2) is 5.19. The molecule has 1 fully saturated rings. The zero-order chi connectivity index (χ0) is 12.3. The van der Waals surface area contributed by atoms with Crippen molar-refractivity contribution >= 4 is 5.96 Å². The number of nitrogens with two attached hydrogens (primary N) is 2. The molecular formula is C13H20N4. The van der Waals surface area contributed by atoms with Gasteiger partial charge < -0.3 is 11.5 Å². The second-order valence-corrected chi connectivity index (χ2v) is 4.78. The van der Waals surface area contributed by atoms with Gasteiger partial charge in [0.05, 0.1) is 6.04 Å². The van der Waals surface area contributed by atoms with E-state index in [1.54, 1.807) is 0 Å². The molecule has 0 aliphatic carbocycles. The highest BCUT2D eigenvalue weighted by molar-refractivity contribution is 5.75. The van der Waals surface area contributed by atoms with Crippen LogP contribution in [0.2, 0.25) is 0 Å². The third-order valence-electron chi connectivity index (χ3n) is 3.21. The molecule has 1 aliphatic rings. The fraction of sp³-hybridized carbons (Fsp3) is 0.462.